The van der Waals surface area contributed by atoms with Crippen molar-refractivity contribution in [2.24, 2.45) is 0 Å². The summed E-state index contributed by atoms with van der Waals surface area (Å²) >= 11 is 3.13. The predicted molar refractivity (Wildman–Crippen MR) is 62.0 cm³/mol. The number of esters is 1. The van der Waals surface area contributed by atoms with Crippen LogP contribution in [0.1, 0.15) is 23.2 Å². The van der Waals surface area contributed by atoms with Crippen LogP contribution < -0.4 is 5.73 Å². The van der Waals surface area contributed by atoms with Crippen molar-refractivity contribution >= 4 is 27.6 Å². The lowest BCUT2D eigenvalue weighted by atomic mass is 10.0. The molecule has 7 heteroatoms. The van der Waals surface area contributed by atoms with Gasteiger partial charge in [-0.25, -0.2) is 8.78 Å². The second-order valence-corrected chi connectivity index (χ2v) is 3.80. The van der Waals surface area contributed by atoms with Crippen molar-refractivity contribution in [3.8, 4) is 0 Å². The maximum Gasteiger partial charge on any atom is 0.310 e. The Morgan fingerprint density at radius 3 is 2.76 bits per heavy atom. The smallest absolute Gasteiger partial charge is 0.310 e. The fourth-order valence-electron chi connectivity index (χ4n) is 1.41. The highest BCUT2D eigenvalue weighted by Crippen LogP contribution is 2.31. The van der Waals surface area contributed by atoms with Crippen molar-refractivity contribution in [3.05, 3.63) is 23.0 Å². The van der Waals surface area contributed by atoms with Crippen LogP contribution in [0.4, 0.5) is 14.5 Å². The Hall–Kier alpha value is -1.24. The number of halogens is 3. The molecule has 0 spiro atoms. The first-order chi connectivity index (χ1) is 8.01. The van der Waals surface area contributed by atoms with Crippen molar-refractivity contribution in [3.63, 3.8) is 0 Å². The lowest BCUT2D eigenvalue weighted by Gasteiger charge is -2.13. The zero-order chi connectivity index (χ0) is 13.0. The average molecular weight is 309 g/mol. The Balaban J connectivity index is 3.29. The van der Waals surface area contributed by atoms with Crippen LogP contribution in [0.15, 0.2) is 6.20 Å². The molecule has 1 aromatic rings. The number of nitrogens with zero attached hydrogens (tertiary/aromatic N) is 1. The van der Waals surface area contributed by atoms with E-state index in [0.29, 0.717) is 5.69 Å². The first-order valence-electron chi connectivity index (χ1n) is 4.68. The van der Waals surface area contributed by atoms with Gasteiger partial charge in [-0.1, -0.05) is 15.9 Å². The summed E-state index contributed by atoms with van der Waals surface area (Å²) in [6, 6.07) is 0. The standard InChI is InChI=1S/C10H11BrF2N2O2/c1-17-8(16)2-5-7(3-11)15-4-6(14)9(5)10(12)13/h4,10H,2-3,14H2,1H3. The molecule has 1 aromatic heterocycles. The zero-order valence-corrected chi connectivity index (χ0v) is 10.6. The van der Waals surface area contributed by atoms with Gasteiger partial charge in [0, 0.05) is 10.9 Å². The molecule has 0 radical (unpaired) electrons. The lowest BCUT2D eigenvalue weighted by Crippen LogP contribution is -2.12. The number of hydrogen-bond donors (Lipinski definition) is 1. The molecule has 0 aliphatic heterocycles. The van der Waals surface area contributed by atoms with Crippen LogP contribution >= 0.6 is 15.9 Å². The van der Waals surface area contributed by atoms with Crippen LogP contribution in [0.5, 0.6) is 0 Å². The van der Waals surface area contributed by atoms with Gasteiger partial charge in [0.25, 0.3) is 6.43 Å². The first-order valence-corrected chi connectivity index (χ1v) is 5.80. The molecule has 0 aliphatic rings. The van der Waals surface area contributed by atoms with Crippen LogP contribution in [0.3, 0.4) is 0 Å². The number of alkyl halides is 3. The third-order valence-corrected chi connectivity index (χ3v) is 2.77. The van der Waals surface area contributed by atoms with Crippen LogP contribution in [-0.4, -0.2) is 18.1 Å². The number of carbonyl (C=O) groups is 1. The highest BCUT2D eigenvalue weighted by atomic mass is 79.9. The quantitative estimate of drug-likeness (QED) is 0.684. The maximum absolute atomic E-state index is 12.9. The maximum atomic E-state index is 12.9. The van der Waals surface area contributed by atoms with E-state index < -0.39 is 12.4 Å². The monoisotopic (exact) mass is 308 g/mol. The van der Waals surface area contributed by atoms with Gasteiger partial charge >= 0.3 is 5.97 Å². The molecule has 0 amide bonds. The zero-order valence-electron chi connectivity index (χ0n) is 9.04. The summed E-state index contributed by atoms with van der Waals surface area (Å²) in [5, 5.41) is 0.263. The Kier molecular flexibility index (Phi) is 4.80. The van der Waals surface area contributed by atoms with Crippen molar-refractivity contribution < 1.29 is 18.3 Å². The van der Waals surface area contributed by atoms with Crippen molar-refractivity contribution in [1.29, 1.82) is 0 Å². The average Bonchev–Trinajstić information content (AvgIpc) is 2.28. The Labute approximate surface area is 105 Å². The minimum atomic E-state index is -2.75. The van der Waals surface area contributed by atoms with E-state index in [2.05, 4.69) is 25.7 Å². The van der Waals surface area contributed by atoms with Crippen LogP contribution in [0.2, 0.25) is 0 Å². The molecule has 0 bridgehead atoms. The predicted octanol–water partition coefficient (Wildman–Crippen LogP) is 2.21. The van der Waals surface area contributed by atoms with Gasteiger partial charge in [-0.05, 0) is 5.56 Å². The van der Waals surface area contributed by atoms with Crippen molar-refractivity contribution in [1.82, 2.24) is 4.98 Å². The molecule has 0 unspecified atom stereocenters. The third kappa shape index (κ3) is 3.12. The van der Waals surface area contributed by atoms with Gasteiger partial charge in [0.15, 0.2) is 0 Å². The fraction of sp³-hybridized carbons (Fsp3) is 0.400. The fourth-order valence-corrected chi connectivity index (χ4v) is 1.89. The largest absolute Gasteiger partial charge is 0.469 e. The first kappa shape index (κ1) is 13.8. The molecule has 1 heterocycles. The van der Waals surface area contributed by atoms with E-state index >= 15 is 0 Å². The minimum absolute atomic E-state index is 0.122. The number of ether oxygens (including phenoxy) is 1. The molecule has 4 nitrogen and oxygen atoms in total. The molecular formula is C10H11BrF2N2O2. The highest BCUT2D eigenvalue weighted by Gasteiger charge is 2.22. The summed E-state index contributed by atoms with van der Waals surface area (Å²) in [6.07, 6.45) is -1.86. The highest BCUT2D eigenvalue weighted by molar-refractivity contribution is 9.08. The molecule has 1 rings (SSSR count). The number of rotatable bonds is 4. The number of methoxy groups -OCH3 is 1. The summed E-state index contributed by atoms with van der Waals surface area (Å²) in [5.74, 6) is -0.610. The normalized spacial score (nSPS) is 10.6. The second-order valence-electron chi connectivity index (χ2n) is 3.24. The minimum Gasteiger partial charge on any atom is -0.469 e. The van der Waals surface area contributed by atoms with Gasteiger partial charge in [0.1, 0.15) is 0 Å². The van der Waals surface area contributed by atoms with E-state index in [9.17, 15) is 13.6 Å². The topological polar surface area (TPSA) is 65.2 Å². The van der Waals surface area contributed by atoms with E-state index in [1.165, 1.54) is 13.3 Å². The molecule has 0 aromatic carbocycles. The van der Waals surface area contributed by atoms with Gasteiger partial charge in [0.2, 0.25) is 0 Å². The summed E-state index contributed by atoms with van der Waals surface area (Å²) < 4.78 is 30.2. The van der Waals surface area contributed by atoms with Crippen molar-refractivity contribution in [2.75, 3.05) is 12.8 Å². The number of pyridine rings is 1. The van der Waals surface area contributed by atoms with Gasteiger partial charge in [-0.15, -0.1) is 0 Å². The van der Waals surface area contributed by atoms with Crippen molar-refractivity contribution in [2.45, 2.75) is 18.2 Å². The number of carbonyl (C=O) groups excluding carboxylic acids is 1. The lowest BCUT2D eigenvalue weighted by molar-refractivity contribution is -0.139. The molecule has 0 fully saturated rings. The van der Waals surface area contributed by atoms with Crippen LogP contribution in [-0.2, 0) is 21.3 Å². The number of aromatic nitrogens is 1. The number of nitrogen functional groups attached to an aromatic ring is 1. The summed E-state index contributed by atoms with van der Waals surface area (Å²) in [5.41, 5.74) is 5.47. The second kappa shape index (κ2) is 5.90. The van der Waals surface area contributed by atoms with E-state index in [0.717, 1.165) is 0 Å². The number of anilines is 1. The number of nitrogens with two attached hydrogens (primary N) is 1. The van der Waals surface area contributed by atoms with E-state index in [4.69, 9.17) is 5.73 Å². The third-order valence-electron chi connectivity index (χ3n) is 2.24. The summed E-state index contributed by atoms with van der Waals surface area (Å²) in [7, 11) is 1.19. The molecule has 17 heavy (non-hydrogen) atoms. The molecule has 0 saturated heterocycles. The van der Waals surface area contributed by atoms with Gasteiger partial charge in [-0.3, -0.25) is 9.78 Å². The molecule has 0 atom stereocenters. The van der Waals surface area contributed by atoms with Crippen LogP contribution in [0, 0.1) is 0 Å². The van der Waals surface area contributed by atoms with E-state index in [1.54, 1.807) is 0 Å². The summed E-state index contributed by atoms with van der Waals surface area (Å²) in [4.78, 5) is 15.1. The summed E-state index contributed by atoms with van der Waals surface area (Å²) in [6.45, 7) is 0. The Morgan fingerprint density at radius 1 is 1.65 bits per heavy atom. The number of hydrogen-bond acceptors (Lipinski definition) is 4. The molecule has 0 aliphatic carbocycles. The van der Waals surface area contributed by atoms with E-state index in [-0.39, 0.29) is 28.6 Å². The van der Waals surface area contributed by atoms with Gasteiger partial charge in [-0.2, -0.15) is 0 Å². The molecule has 94 valence electrons. The molecular weight excluding hydrogens is 298 g/mol. The molecule has 2 N–H and O–H groups in total. The molecule has 0 saturated carbocycles. The van der Waals surface area contributed by atoms with Gasteiger partial charge < -0.3 is 10.5 Å². The van der Waals surface area contributed by atoms with Gasteiger partial charge in [0.05, 0.1) is 31.1 Å². The Bertz CT molecular complexity index is 427. The van der Waals surface area contributed by atoms with Crippen LogP contribution in [0.25, 0.3) is 0 Å². The Morgan fingerprint density at radius 2 is 2.29 bits per heavy atom. The van der Waals surface area contributed by atoms with E-state index in [1.807, 2.05) is 0 Å². The SMILES string of the molecule is COC(=O)Cc1c(CBr)ncc(N)c1C(F)F.